The van der Waals surface area contributed by atoms with Crippen molar-refractivity contribution in [1.82, 2.24) is 14.5 Å². The lowest BCUT2D eigenvalue weighted by molar-refractivity contribution is 0.182. The third kappa shape index (κ3) is 4.12. The Kier molecular flexibility index (Phi) is 5.65. The molecule has 0 spiro atoms. The van der Waals surface area contributed by atoms with Crippen molar-refractivity contribution < 1.29 is 13.9 Å². The number of hydrogen-bond acceptors (Lipinski definition) is 4. The van der Waals surface area contributed by atoms with Gasteiger partial charge in [-0.05, 0) is 62.2 Å². The van der Waals surface area contributed by atoms with Crippen LogP contribution in [0.1, 0.15) is 25.8 Å². The zero-order valence-corrected chi connectivity index (χ0v) is 16.7. The Bertz CT molecular complexity index is 1110. The van der Waals surface area contributed by atoms with Crippen LogP contribution in [0.2, 0.25) is 0 Å². The first-order valence-corrected chi connectivity index (χ1v) is 10.0. The van der Waals surface area contributed by atoms with E-state index in [-0.39, 0.29) is 23.0 Å². The van der Waals surface area contributed by atoms with Gasteiger partial charge in [-0.2, -0.15) is 0 Å². The molecule has 4 rings (SSSR count). The van der Waals surface area contributed by atoms with Gasteiger partial charge in [0.05, 0.1) is 23.8 Å². The number of piperidine rings is 1. The van der Waals surface area contributed by atoms with Crippen molar-refractivity contribution in [2.45, 2.75) is 25.8 Å². The number of urea groups is 1. The van der Waals surface area contributed by atoms with Crippen molar-refractivity contribution in [2.24, 2.45) is 0 Å². The number of carbonyl (C=O) groups excluding carboxylic acids is 1. The minimum absolute atomic E-state index is 0.0767. The molecule has 2 aromatic carbocycles. The number of halogens is 1. The molecule has 0 atom stereocenters. The summed E-state index contributed by atoms with van der Waals surface area (Å²) < 4.78 is 20.5. The van der Waals surface area contributed by atoms with Crippen molar-refractivity contribution in [1.29, 1.82) is 0 Å². The van der Waals surface area contributed by atoms with Crippen molar-refractivity contribution in [3.05, 3.63) is 65.0 Å². The highest BCUT2D eigenvalue weighted by Gasteiger charge is 2.25. The highest BCUT2D eigenvalue weighted by atomic mass is 19.1. The molecule has 3 aromatic rings. The van der Waals surface area contributed by atoms with Crippen molar-refractivity contribution in [2.75, 3.05) is 25.0 Å². The van der Waals surface area contributed by atoms with Gasteiger partial charge in [0.15, 0.2) is 0 Å². The molecule has 0 unspecified atom stereocenters. The molecule has 1 aliphatic heterocycles. The molecule has 1 saturated heterocycles. The van der Waals surface area contributed by atoms with Crippen molar-refractivity contribution >= 4 is 22.6 Å². The van der Waals surface area contributed by atoms with E-state index in [0.717, 1.165) is 5.75 Å². The van der Waals surface area contributed by atoms with E-state index in [0.29, 0.717) is 43.7 Å². The van der Waals surface area contributed by atoms with E-state index in [2.05, 4.69) is 10.3 Å². The van der Waals surface area contributed by atoms with E-state index in [1.165, 1.54) is 24.5 Å². The molecule has 7 nitrogen and oxygen atoms in total. The number of anilines is 1. The first-order valence-electron chi connectivity index (χ1n) is 10.0. The van der Waals surface area contributed by atoms with Gasteiger partial charge in [0.2, 0.25) is 0 Å². The Morgan fingerprint density at radius 3 is 2.63 bits per heavy atom. The van der Waals surface area contributed by atoms with Crippen LogP contribution in [0, 0.1) is 5.82 Å². The second kappa shape index (κ2) is 8.52. The number of fused-ring (bicyclic) bond motifs is 1. The number of nitrogens with zero attached hydrogens (tertiary/aromatic N) is 3. The summed E-state index contributed by atoms with van der Waals surface area (Å²) in [4.78, 5) is 31.3. The van der Waals surface area contributed by atoms with Crippen LogP contribution in [-0.4, -0.2) is 40.2 Å². The molecular formula is C22H23FN4O3. The average Bonchev–Trinajstić information content (AvgIpc) is 2.76. The predicted octanol–water partition coefficient (Wildman–Crippen LogP) is 3.80. The molecule has 30 heavy (non-hydrogen) atoms. The van der Waals surface area contributed by atoms with Crippen LogP contribution in [0.3, 0.4) is 0 Å². The maximum atomic E-state index is 13.5. The van der Waals surface area contributed by atoms with Gasteiger partial charge in [-0.1, -0.05) is 0 Å². The number of hydrogen-bond donors (Lipinski definition) is 1. The van der Waals surface area contributed by atoms with Crippen molar-refractivity contribution in [3.63, 3.8) is 0 Å². The van der Waals surface area contributed by atoms with Gasteiger partial charge in [0.1, 0.15) is 11.6 Å². The fraction of sp³-hybridized carbons (Fsp3) is 0.318. The Morgan fingerprint density at radius 1 is 1.20 bits per heavy atom. The lowest BCUT2D eigenvalue weighted by atomic mass is 10.0. The molecule has 1 N–H and O–H groups in total. The van der Waals surface area contributed by atoms with Crippen LogP contribution < -0.4 is 15.6 Å². The lowest BCUT2D eigenvalue weighted by Gasteiger charge is -2.32. The molecule has 2 amide bonds. The SMILES string of the molecule is CCOc1ccc(NC(=O)N2CCC(n3cnc4ccc(F)cc4c3=O)CC2)cc1. The van der Waals surface area contributed by atoms with Gasteiger partial charge in [0.25, 0.3) is 5.56 Å². The van der Waals surface area contributed by atoms with Crippen LogP contribution in [0.25, 0.3) is 10.9 Å². The van der Waals surface area contributed by atoms with Gasteiger partial charge in [-0.15, -0.1) is 0 Å². The summed E-state index contributed by atoms with van der Waals surface area (Å²) in [7, 11) is 0. The monoisotopic (exact) mass is 410 g/mol. The number of ether oxygens (including phenoxy) is 1. The van der Waals surface area contributed by atoms with Gasteiger partial charge < -0.3 is 15.0 Å². The summed E-state index contributed by atoms with van der Waals surface area (Å²) in [5.74, 6) is 0.297. The summed E-state index contributed by atoms with van der Waals surface area (Å²) in [6, 6.07) is 11.0. The van der Waals surface area contributed by atoms with Gasteiger partial charge in [0, 0.05) is 24.8 Å². The molecule has 156 valence electrons. The fourth-order valence-corrected chi connectivity index (χ4v) is 3.72. The first kappa shape index (κ1) is 19.9. The number of benzene rings is 2. The molecule has 0 bridgehead atoms. The largest absolute Gasteiger partial charge is 0.494 e. The number of likely N-dealkylation sites (tertiary alicyclic amines) is 1. The maximum absolute atomic E-state index is 13.5. The van der Waals surface area contributed by atoms with E-state index in [4.69, 9.17) is 4.74 Å². The van der Waals surface area contributed by atoms with Crippen LogP contribution in [0.15, 0.2) is 53.6 Å². The summed E-state index contributed by atoms with van der Waals surface area (Å²) >= 11 is 0. The molecule has 8 heteroatoms. The third-order valence-corrected chi connectivity index (χ3v) is 5.31. The summed E-state index contributed by atoms with van der Waals surface area (Å²) in [5, 5.41) is 3.16. The number of nitrogens with one attached hydrogen (secondary N) is 1. The molecule has 1 aromatic heterocycles. The van der Waals surface area contributed by atoms with E-state index < -0.39 is 5.82 Å². The topological polar surface area (TPSA) is 76.5 Å². The zero-order chi connectivity index (χ0) is 21.1. The van der Waals surface area contributed by atoms with Crippen LogP contribution in [0.4, 0.5) is 14.9 Å². The number of carbonyl (C=O) groups is 1. The normalized spacial score (nSPS) is 14.7. The summed E-state index contributed by atoms with van der Waals surface area (Å²) in [5.41, 5.74) is 0.921. The lowest BCUT2D eigenvalue weighted by Crippen LogP contribution is -2.42. The average molecular weight is 410 g/mol. The molecular weight excluding hydrogens is 387 g/mol. The van der Waals surface area contributed by atoms with Crippen molar-refractivity contribution in [3.8, 4) is 5.75 Å². The quantitative estimate of drug-likeness (QED) is 0.710. The molecule has 2 heterocycles. The number of rotatable bonds is 4. The smallest absolute Gasteiger partial charge is 0.321 e. The Balaban J connectivity index is 1.40. The van der Waals surface area contributed by atoms with Crippen LogP contribution in [0.5, 0.6) is 5.75 Å². The van der Waals surface area contributed by atoms with E-state index in [1.54, 1.807) is 21.6 Å². The maximum Gasteiger partial charge on any atom is 0.321 e. The van der Waals surface area contributed by atoms with E-state index >= 15 is 0 Å². The Morgan fingerprint density at radius 2 is 1.93 bits per heavy atom. The minimum atomic E-state index is -0.458. The van der Waals surface area contributed by atoms with Gasteiger partial charge in [-0.3, -0.25) is 9.36 Å². The third-order valence-electron chi connectivity index (χ3n) is 5.31. The number of aromatic nitrogens is 2. The highest BCUT2D eigenvalue weighted by Crippen LogP contribution is 2.23. The molecule has 0 aliphatic carbocycles. The summed E-state index contributed by atoms with van der Waals surface area (Å²) in [6.45, 7) is 3.54. The molecule has 0 saturated carbocycles. The van der Waals surface area contributed by atoms with Gasteiger partial charge in [-0.25, -0.2) is 14.2 Å². The second-order valence-electron chi connectivity index (χ2n) is 7.22. The van der Waals surface area contributed by atoms with Crippen LogP contribution in [-0.2, 0) is 0 Å². The Hall–Kier alpha value is -3.42. The molecule has 1 fully saturated rings. The molecule has 1 aliphatic rings. The van der Waals surface area contributed by atoms with E-state index in [1.807, 2.05) is 19.1 Å². The Labute approximate surface area is 173 Å². The zero-order valence-electron chi connectivity index (χ0n) is 16.7. The fourth-order valence-electron chi connectivity index (χ4n) is 3.72. The predicted molar refractivity (Wildman–Crippen MR) is 112 cm³/mol. The first-order chi connectivity index (χ1) is 14.5. The van der Waals surface area contributed by atoms with Crippen LogP contribution >= 0.6 is 0 Å². The summed E-state index contributed by atoms with van der Waals surface area (Å²) in [6.07, 6.45) is 2.76. The van der Waals surface area contributed by atoms with Gasteiger partial charge >= 0.3 is 6.03 Å². The molecule has 0 radical (unpaired) electrons. The number of amides is 2. The minimum Gasteiger partial charge on any atom is -0.494 e. The highest BCUT2D eigenvalue weighted by molar-refractivity contribution is 5.89. The second-order valence-corrected chi connectivity index (χ2v) is 7.22. The van der Waals surface area contributed by atoms with E-state index in [9.17, 15) is 14.0 Å². The standard InChI is InChI=1S/C22H23FN4O3/c1-2-30-18-6-4-16(5-7-18)25-22(29)26-11-9-17(10-12-26)27-14-24-20-8-3-15(23)13-19(20)21(27)28/h3-8,13-14,17H,2,9-12H2,1H3,(H,25,29).